The van der Waals surface area contributed by atoms with E-state index in [1.165, 1.54) is 7.11 Å². The second-order valence-electron chi connectivity index (χ2n) is 3.70. The maximum Gasteiger partial charge on any atom is 0.140 e. The van der Waals surface area contributed by atoms with Gasteiger partial charge in [0.25, 0.3) is 0 Å². The van der Waals surface area contributed by atoms with Gasteiger partial charge in [-0.2, -0.15) is 0 Å². The summed E-state index contributed by atoms with van der Waals surface area (Å²) in [5.41, 5.74) is -0.120. The average molecular weight is 226 g/mol. The molecule has 0 saturated heterocycles. The van der Waals surface area contributed by atoms with Crippen molar-refractivity contribution in [1.29, 1.82) is 0 Å². The monoisotopic (exact) mass is 226 g/mol. The van der Waals surface area contributed by atoms with E-state index in [4.69, 9.17) is 4.74 Å². The van der Waals surface area contributed by atoms with Crippen LogP contribution in [0.4, 0.5) is 8.78 Å². The molecule has 0 bridgehead atoms. The molecule has 0 aromatic heterocycles. The first-order valence-corrected chi connectivity index (χ1v) is 4.96. The molecule has 1 aromatic carbocycles. The van der Waals surface area contributed by atoms with Gasteiger partial charge in [0.1, 0.15) is 23.2 Å². The summed E-state index contributed by atoms with van der Waals surface area (Å²) in [6, 6.07) is 2.40. The molecule has 0 amide bonds. The lowest BCUT2D eigenvalue weighted by molar-refractivity contribution is 0.406. The van der Waals surface area contributed by atoms with Gasteiger partial charge in [-0.25, -0.2) is 8.78 Å². The summed E-state index contributed by atoms with van der Waals surface area (Å²) in [5, 5.41) is 2.92. The van der Waals surface area contributed by atoms with Gasteiger partial charge in [-0.1, -0.05) is 0 Å². The first-order valence-electron chi connectivity index (χ1n) is 4.96. The zero-order valence-corrected chi connectivity index (χ0v) is 9.05. The van der Waals surface area contributed by atoms with E-state index in [0.717, 1.165) is 12.1 Å². The Bertz CT molecular complexity index is 423. The zero-order valence-electron chi connectivity index (χ0n) is 9.05. The lowest BCUT2D eigenvalue weighted by Gasteiger charge is -2.09. The summed E-state index contributed by atoms with van der Waals surface area (Å²) in [7, 11) is 1.36. The molecule has 1 heterocycles. The van der Waals surface area contributed by atoms with Crippen LogP contribution in [0.15, 0.2) is 17.1 Å². The third kappa shape index (κ3) is 1.85. The molecule has 1 aliphatic rings. The number of halogens is 2. The topological polar surface area (TPSA) is 33.6 Å². The van der Waals surface area contributed by atoms with Gasteiger partial charge in [0, 0.05) is 18.2 Å². The fourth-order valence-corrected chi connectivity index (χ4v) is 1.60. The largest absolute Gasteiger partial charge is 0.497 e. The molecule has 1 aliphatic heterocycles. The number of hydrogen-bond donors (Lipinski definition) is 1. The van der Waals surface area contributed by atoms with Crippen molar-refractivity contribution in [2.75, 3.05) is 13.7 Å². The Labute approximate surface area is 92.1 Å². The van der Waals surface area contributed by atoms with E-state index >= 15 is 0 Å². The van der Waals surface area contributed by atoms with Crippen molar-refractivity contribution in [3.05, 3.63) is 29.3 Å². The Kier molecular flexibility index (Phi) is 2.77. The third-order valence-electron chi connectivity index (χ3n) is 2.39. The van der Waals surface area contributed by atoms with Gasteiger partial charge < -0.3 is 10.1 Å². The maximum absolute atomic E-state index is 13.6. The Hall–Kier alpha value is -1.65. The fourth-order valence-electron chi connectivity index (χ4n) is 1.60. The molecule has 16 heavy (non-hydrogen) atoms. The van der Waals surface area contributed by atoms with Crippen molar-refractivity contribution < 1.29 is 13.5 Å². The Balaban J connectivity index is 2.42. The quantitative estimate of drug-likeness (QED) is 0.832. The van der Waals surface area contributed by atoms with Gasteiger partial charge >= 0.3 is 0 Å². The van der Waals surface area contributed by atoms with Gasteiger partial charge in [0.2, 0.25) is 0 Å². The maximum atomic E-state index is 13.6. The number of amidine groups is 1. The third-order valence-corrected chi connectivity index (χ3v) is 2.39. The lowest BCUT2D eigenvalue weighted by atomic mass is 10.1. The molecular weight excluding hydrogens is 214 g/mol. The molecular formula is C11H12F2N2O. The van der Waals surface area contributed by atoms with Gasteiger partial charge in [-0.3, -0.25) is 4.99 Å². The van der Waals surface area contributed by atoms with E-state index in [1.807, 2.05) is 6.92 Å². The predicted molar refractivity (Wildman–Crippen MR) is 56.9 cm³/mol. The normalized spacial score (nSPS) is 19.2. The van der Waals surface area contributed by atoms with E-state index in [9.17, 15) is 8.78 Å². The number of hydrogen-bond acceptors (Lipinski definition) is 3. The molecule has 1 N–H and O–H groups in total. The molecule has 0 radical (unpaired) electrons. The molecule has 1 unspecified atom stereocenters. The minimum atomic E-state index is -0.669. The molecule has 3 nitrogen and oxygen atoms in total. The van der Waals surface area contributed by atoms with Gasteiger partial charge in [-0.15, -0.1) is 0 Å². The summed E-state index contributed by atoms with van der Waals surface area (Å²) < 4.78 is 32.0. The predicted octanol–water partition coefficient (Wildman–Crippen LogP) is 1.71. The van der Waals surface area contributed by atoms with E-state index in [0.29, 0.717) is 6.54 Å². The Morgan fingerprint density at radius 2 is 2.00 bits per heavy atom. The van der Waals surface area contributed by atoms with Crippen LogP contribution in [0.1, 0.15) is 12.5 Å². The van der Waals surface area contributed by atoms with Crippen LogP contribution in [0.5, 0.6) is 5.75 Å². The van der Waals surface area contributed by atoms with E-state index in [-0.39, 0.29) is 23.2 Å². The smallest absolute Gasteiger partial charge is 0.140 e. The minimum Gasteiger partial charge on any atom is -0.497 e. The van der Waals surface area contributed by atoms with Crippen LogP contribution in [-0.2, 0) is 0 Å². The first-order chi connectivity index (χ1) is 7.61. The molecule has 0 aliphatic carbocycles. The Morgan fingerprint density at radius 3 is 2.44 bits per heavy atom. The van der Waals surface area contributed by atoms with E-state index in [2.05, 4.69) is 10.3 Å². The molecule has 1 atom stereocenters. The molecule has 0 spiro atoms. The number of ether oxygens (including phenoxy) is 1. The summed E-state index contributed by atoms with van der Waals surface area (Å²) in [6.45, 7) is 2.43. The van der Waals surface area contributed by atoms with Crippen LogP contribution >= 0.6 is 0 Å². The van der Waals surface area contributed by atoms with Crippen LogP contribution < -0.4 is 10.1 Å². The van der Waals surface area contributed by atoms with Crippen LogP contribution in [0, 0.1) is 11.6 Å². The molecule has 1 aromatic rings. The number of benzene rings is 1. The number of aliphatic imine (C=N–C) groups is 1. The van der Waals surface area contributed by atoms with Crippen LogP contribution in [-0.4, -0.2) is 25.5 Å². The zero-order chi connectivity index (χ0) is 11.7. The van der Waals surface area contributed by atoms with E-state index < -0.39 is 11.6 Å². The van der Waals surface area contributed by atoms with Crippen molar-refractivity contribution in [2.45, 2.75) is 13.0 Å². The number of nitrogens with zero attached hydrogens (tertiary/aromatic N) is 1. The first kappa shape index (κ1) is 10.9. The summed E-state index contributed by atoms with van der Waals surface area (Å²) in [5.74, 6) is -0.912. The molecule has 5 heteroatoms. The number of nitrogens with one attached hydrogen (secondary N) is 1. The van der Waals surface area contributed by atoms with Crippen molar-refractivity contribution in [3.8, 4) is 5.75 Å². The highest BCUT2D eigenvalue weighted by Gasteiger charge is 2.22. The standard InChI is InChI=1S/C11H12F2N2O/c1-6-5-14-11(15-6)10-8(12)3-7(16-2)4-9(10)13/h3-4,6H,5H2,1-2H3,(H,14,15). The van der Waals surface area contributed by atoms with Gasteiger partial charge in [0.05, 0.1) is 19.2 Å². The fraction of sp³-hybridized carbons (Fsp3) is 0.364. The molecule has 0 fully saturated rings. The lowest BCUT2D eigenvalue weighted by Crippen LogP contribution is -2.29. The Morgan fingerprint density at radius 1 is 1.38 bits per heavy atom. The second-order valence-corrected chi connectivity index (χ2v) is 3.70. The van der Waals surface area contributed by atoms with Crippen molar-refractivity contribution >= 4 is 5.84 Å². The summed E-state index contributed by atoms with van der Waals surface area (Å²) in [6.07, 6.45) is 0. The highest BCUT2D eigenvalue weighted by Crippen LogP contribution is 2.21. The average Bonchev–Trinajstić information content (AvgIpc) is 2.63. The summed E-state index contributed by atoms with van der Waals surface area (Å²) >= 11 is 0. The minimum absolute atomic E-state index is 0.107. The summed E-state index contributed by atoms with van der Waals surface area (Å²) in [4.78, 5) is 4.05. The SMILES string of the molecule is COc1cc(F)c(C2=NCC(C)N2)c(F)c1. The van der Waals surface area contributed by atoms with E-state index in [1.54, 1.807) is 0 Å². The molecule has 86 valence electrons. The van der Waals surface area contributed by atoms with Gasteiger partial charge in [-0.05, 0) is 6.92 Å². The second kappa shape index (κ2) is 4.08. The van der Waals surface area contributed by atoms with Crippen LogP contribution in [0.25, 0.3) is 0 Å². The highest BCUT2D eigenvalue weighted by molar-refractivity contribution is 6.00. The van der Waals surface area contributed by atoms with Crippen LogP contribution in [0.2, 0.25) is 0 Å². The molecule has 0 saturated carbocycles. The van der Waals surface area contributed by atoms with Crippen molar-refractivity contribution in [1.82, 2.24) is 5.32 Å². The number of rotatable bonds is 2. The number of methoxy groups -OCH3 is 1. The van der Waals surface area contributed by atoms with Crippen molar-refractivity contribution in [3.63, 3.8) is 0 Å². The van der Waals surface area contributed by atoms with Crippen LogP contribution in [0.3, 0.4) is 0 Å². The van der Waals surface area contributed by atoms with Gasteiger partial charge in [0.15, 0.2) is 0 Å². The highest BCUT2D eigenvalue weighted by atomic mass is 19.1. The molecule has 2 rings (SSSR count). The van der Waals surface area contributed by atoms with Crippen molar-refractivity contribution in [2.24, 2.45) is 4.99 Å².